The molecule has 10 heteroatoms. The molecule has 5 rings (SSSR count). The third-order valence-electron chi connectivity index (χ3n) is 6.00. The van der Waals surface area contributed by atoms with Crippen LogP contribution in [0, 0.1) is 6.92 Å². The SMILES string of the molecule is COc1cc(NC(=O)c2ccccc2)c(C)cc1NC(=O)CSc1nnc(-c2cccnc2)n1-c1ccccc1. The molecule has 2 aromatic heterocycles. The van der Waals surface area contributed by atoms with E-state index in [1.807, 2.05) is 60.0 Å². The minimum Gasteiger partial charge on any atom is -0.494 e. The van der Waals surface area contributed by atoms with Crippen molar-refractivity contribution < 1.29 is 14.3 Å². The highest BCUT2D eigenvalue weighted by Gasteiger charge is 2.19. The lowest BCUT2D eigenvalue weighted by Gasteiger charge is -2.15. The average molecular weight is 551 g/mol. The number of nitrogens with one attached hydrogen (secondary N) is 2. The molecular formula is C30H26N6O3S. The number of ether oxygens (including phenoxy) is 1. The Balaban J connectivity index is 1.32. The van der Waals surface area contributed by atoms with Gasteiger partial charge >= 0.3 is 0 Å². The van der Waals surface area contributed by atoms with Gasteiger partial charge in [-0.2, -0.15) is 0 Å². The van der Waals surface area contributed by atoms with Gasteiger partial charge < -0.3 is 15.4 Å². The van der Waals surface area contributed by atoms with Crippen LogP contribution in [0.3, 0.4) is 0 Å². The number of carbonyl (C=O) groups is 2. The second-order valence-corrected chi connectivity index (χ2v) is 9.69. The van der Waals surface area contributed by atoms with E-state index >= 15 is 0 Å². The summed E-state index contributed by atoms with van der Waals surface area (Å²) in [6.45, 7) is 1.85. The Hall–Kier alpha value is -4.96. The maximum Gasteiger partial charge on any atom is 0.255 e. The quantitative estimate of drug-likeness (QED) is 0.229. The molecule has 2 amide bonds. The maximum absolute atomic E-state index is 13.0. The van der Waals surface area contributed by atoms with Crippen LogP contribution in [-0.2, 0) is 4.79 Å². The van der Waals surface area contributed by atoms with Crippen molar-refractivity contribution in [1.29, 1.82) is 0 Å². The lowest BCUT2D eigenvalue weighted by atomic mass is 10.1. The maximum atomic E-state index is 13.0. The summed E-state index contributed by atoms with van der Waals surface area (Å²) >= 11 is 1.27. The van der Waals surface area contributed by atoms with Crippen LogP contribution in [0.5, 0.6) is 5.75 Å². The van der Waals surface area contributed by atoms with Crippen molar-refractivity contribution in [2.45, 2.75) is 12.1 Å². The van der Waals surface area contributed by atoms with E-state index in [1.54, 1.807) is 48.8 Å². The summed E-state index contributed by atoms with van der Waals surface area (Å²) in [5.74, 6) is 0.680. The summed E-state index contributed by atoms with van der Waals surface area (Å²) in [5, 5.41) is 15.1. The van der Waals surface area contributed by atoms with Crippen LogP contribution in [0.15, 0.2) is 102 Å². The van der Waals surface area contributed by atoms with Crippen LogP contribution >= 0.6 is 11.8 Å². The minimum absolute atomic E-state index is 0.0900. The molecular weight excluding hydrogens is 524 g/mol. The molecule has 2 N–H and O–H groups in total. The highest BCUT2D eigenvalue weighted by Crippen LogP contribution is 2.32. The summed E-state index contributed by atoms with van der Waals surface area (Å²) < 4.78 is 7.42. The van der Waals surface area contributed by atoms with Gasteiger partial charge in [-0.15, -0.1) is 10.2 Å². The predicted octanol–water partition coefficient (Wildman–Crippen LogP) is 5.63. The van der Waals surface area contributed by atoms with Crippen LogP contribution in [0.1, 0.15) is 15.9 Å². The van der Waals surface area contributed by atoms with Gasteiger partial charge in [0.2, 0.25) is 5.91 Å². The molecule has 9 nitrogen and oxygen atoms in total. The number of thioether (sulfide) groups is 1. The van der Waals surface area contributed by atoms with E-state index in [0.717, 1.165) is 16.8 Å². The summed E-state index contributed by atoms with van der Waals surface area (Å²) in [7, 11) is 1.51. The molecule has 3 aromatic carbocycles. The first-order chi connectivity index (χ1) is 19.5. The Morgan fingerprint density at radius 1 is 0.900 bits per heavy atom. The number of pyridine rings is 1. The monoisotopic (exact) mass is 550 g/mol. The van der Waals surface area contributed by atoms with Crippen LogP contribution in [0.4, 0.5) is 11.4 Å². The van der Waals surface area contributed by atoms with Gasteiger partial charge in [0, 0.05) is 41.0 Å². The number of amides is 2. The van der Waals surface area contributed by atoms with Crippen molar-refractivity contribution >= 4 is 35.0 Å². The molecule has 0 fully saturated rings. The summed E-state index contributed by atoms with van der Waals surface area (Å²) in [5.41, 5.74) is 4.11. The van der Waals surface area contributed by atoms with Crippen molar-refractivity contribution in [3.63, 3.8) is 0 Å². The van der Waals surface area contributed by atoms with Crippen molar-refractivity contribution in [3.05, 3.63) is 108 Å². The van der Waals surface area contributed by atoms with Gasteiger partial charge in [0.1, 0.15) is 5.75 Å². The van der Waals surface area contributed by atoms with E-state index in [9.17, 15) is 9.59 Å². The number of nitrogens with zero attached hydrogens (tertiary/aromatic N) is 4. The zero-order valence-corrected chi connectivity index (χ0v) is 22.7. The van der Waals surface area contributed by atoms with E-state index in [0.29, 0.717) is 33.7 Å². The average Bonchev–Trinajstić information content (AvgIpc) is 3.43. The van der Waals surface area contributed by atoms with Crippen molar-refractivity contribution in [3.8, 4) is 22.8 Å². The van der Waals surface area contributed by atoms with Crippen LogP contribution in [0.25, 0.3) is 17.1 Å². The third kappa shape index (κ3) is 6.02. The number of rotatable bonds is 9. The van der Waals surface area contributed by atoms with Crippen LogP contribution in [0.2, 0.25) is 0 Å². The third-order valence-corrected chi connectivity index (χ3v) is 6.93. The second-order valence-electron chi connectivity index (χ2n) is 8.74. The number of methoxy groups -OCH3 is 1. The molecule has 40 heavy (non-hydrogen) atoms. The zero-order valence-electron chi connectivity index (χ0n) is 21.9. The Morgan fingerprint density at radius 3 is 2.35 bits per heavy atom. The molecule has 0 saturated carbocycles. The van der Waals surface area contributed by atoms with Crippen molar-refractivity contribution in [2.75, 3.05) is 23.5 Å². The van der Waals surface area contributed by atoms with Crippen LogP contribution in [-0.4, -0.2) is 44.4 Å². The first-order valence-electron chi connectivity index (χ1n) is 12.4. The van der Waals surface area contributed by atoms with Gasteiger partial charge in [-0.05, 0) is 55.0 Å². The lowest BCUT2D eigenvalue weighted by Crippen LogP contribution is -2.16. The molecule has 0 aliphatic heterocycles. The van der Waals surface area contributed by atoms with Crippen molar-refractivity contribution in [2.24, 2.45) is 0 Å². The van der Waals surface area contributed by atoms with Gasteiger partial charge in [-0.1, -0.05) is 48.2 Å². The second kappa shape index (κ2) is 12.3. The molecule has 5 aromatic rings. The van der Waals surface area contributed by atoms with E-state index in [4.69, 9.17) is 4.74 Å². The fourth-order valence-electron chi connectivity index (χ4n) is 4.04. The van der Waals surface area contributed by atoms with Crippen LogP contribution < -0.4 is 15.4 Å². The van der Waals surface area contributed by atoms with Gasteiger partial charge in [0.25, 0.3) is 5.91 Å². The number of anilines is 2. The molecule has 0 bridgehead atoms. The molecule has 0 saturated heterocycles. The number of carbonyl (C=O) groups excluding carboxylic acids is 2. The summed E-state index contributed by atoms with van der Waals surface area (Å²) in [4.78, 5) is 29.8. The molecule has 0 aliphatic carbocycles. The number of aromatic nitrogens is 4. The Kier molecular flexibility index (Phi) is 8.17. The van der Waals surface area contributed by atoms with Gasteiger partial charge in [-0.25, -0.2) is 0 Å². The zero-order chi connectivity index (χ0) is 27.9. The minimum atomic E-state index is -0.241. The van der Waals surface area contributed by atoms with E-state index in [2.05, 4.69) is 25.8 Å². The number of benzene rings is 3. The predicted molar refractivity (Wildman–Crippen MR) is 156 cm³/mol. The number of hydrogen-bond donors (Lipinski definition) is 2. The van der Waals surface area contributed by atoms with E-state index in [-0.39, 0.29) is 17.6 Å². The largest absolute Gasteiger partial charge is 0.494 e. The number of hydrogen-bond acceptors (Lipinski definition) is 7. The first kappa shape index (κ1) is 26.6. The van der Waals surface area contributed by atoms with Crippen molar-refractivity contribution in [1.82, 2.24) is 19.7 Å². The first-order valence-corrected chi connectivity index (χ1v) is 13.4. The fraction of sp³-hybridized carbons (Fsp3) is 0.100. The molecule has 0 radical (unpaired) electrons. The lowest BCUT2D eigenvalue weighted by molar-refractivity contribution is -0.113. The molecule has 0 aliphatic rings. The molecule has 0 atom stereocenters. The van der Waals surface area contributed by atoms with E-state index < -0.39 is 0 Å². The number of para-hydroxylation sites is 1. The molecule has 0 spiro atoms. The highest BCUT2D eigenvalue weighted by atomic mass is 32.2. The topological polar surface area (TPSA) is 111 Å². The standard InChI is InChI=1S/C30H26N6O3S/c1-20-16-25(26(39-2)17-24(20)33-29(38)21-10-5-3-6-11-21)32-27(37)19-40-30-35-34-28(22-12-9-15-31-18-22)36(30)23-13-7-4-8-14-23/h3-18H,19H2,1-2H3,(H,32,37)(H,33,38). The summed E-state index contributed by atoms with van der Waals surface area (Å²) in [6, 6.07) is 25.9. The smallest absolute Gasteiger partial charge is 0.255 e. The normalized spacial score (nSPS) is 10.7. The Morgan fingerprint density at radius 2 is 1.65 bits per heavy atom. The number of aryl methyl sites for hydroxylation is 1. The summed E-state index contributed by atoms with van der Waals surface area (Å²) in [6.07, 6.45) is 3.43. The van der Waals surface area contributed by atoms with E-state index in [1.165, 1.54) is 18.9 Å². The molecule has 0 unspecified atom stereocenters. The Labute approximate surface area is 235 Å². The Bertz CT molecular complexity index is 1630. The highest BCUT2D eigenvalue weighted by molar-refractivity contribution is 7.99. The van der Waals surface area contributed by atoms with Gasteiger partial charge in [0.05, 0.1) is 18.6 Å². The molecule has 200 valence electrons. The van der Waals surface area contributed by atoms with Gasteiger partial charge in [-0.3, -0.25) is 19.1 Å². The van der Waals surface area contributed by atoms with Gasteiger partial charge in [0.15, 0.2) is 11.0 Å². The fourth-order valence-corrected chi connectivity index (χ4v) is 4.80. The molecule has 2 heterocycles.